The van der Waals surface area contributed by atoms with Crippen molar-refractivity contribution in [2.75, 3.05) is 5.43 Å². The van der Waals surface area contributed by atoms with Crippen LogP contribution in [-0.2, 0) is 0 Å². The van der Waals surface area contributed by atoms with Crippen LogP contribution in [0.3, 0.4) is 0 Å². The Balaban J connectivity index is 1.87. The van der Waals surface area contributed by atoms with E-state index in [4.69, 9.17) is 10.5 Å². The first-order valence-corrected chi connectivity index (χ1v) is 8.51. The van der Waals surface area contributed by atoms with Crippen LogP contribution in [0.2, 0.25) is 0 Å². The number of hydrogen-bond acceptors (Lipinski definition) is 5. The highest BCUT2D eigenvalue weighted by Crippen LogP contribution is 2.15. The highest BCUT2D eigenvalue weighted by Gasteiger charge is 2.03. The first-order valence-electron chi connectivity index (χ1n) is 8.51. The Hall–Kier alpha value is -4.29. The van der Waals surface area contributed by atoms with Gasteiger partial charge in [0, 0.05) is 5.56 Å². The molecule has 0 amide bonds. The van der Waals surface area contributed by atoms with Crippen molar-refractivity contribution in [1.29, 1.82) is 10.5 Å². The van der Waals surface area contributed by atoms with Gasteiger partial charge in [0.05, 0.1) is 34.6 Å². The molecule has 0 aromatic heterocycles. The van der Waals surface area contributed by atoms with Gasteiger partial charge < -0.3 is 0 Å². The molecule has 0 heterocycles. The molecule has 3 aromatic rings. The third-order valence-corrected chi connectivity index (χ3v) is 3.87. The molecule has 0 aliphatic heterocycles. The van der Waals surface area contributed by atoms with Crippen LogP contribution in [0.1, 0.15) is 22.3 Å². The van der Waals surface area contributed by atoms with Crippen molar-refractivity contribution in [3.05, 3.63) is 95.1 Å². The minimum atomic E-state index is 0.411. The number of azo groups is 1. The maximum atomic E-state index is 8.89. The summed E-state index contributed by atoms with van der Waals surface area (Å²) in [6.07, 6.45) is 0. The van der Waals surface area contributed by atoms with Gasteiger partial charge in [0.1, 0.15) is 0 Å². The normalized spacial score (nSPS) is 11.0. The van der Waals surface area contributed by atoms with Gasteiger partial charge in [-0.05, 0) is 55.5 Å². The standard InChI is InChI=1S/C22H16N6/c1-16-2-8-19(9-3-16)22(27-25-20-10-4-17(14-23)5-11-20)28-26-21-12-6-18(15-24)7-13-21/h2-13,25H,1H3/b27-22+,28-26?. The summed E-state index contributed by atoms with van der Waals surface area (Å²) in [7, 11) is 0. The molecule has 3 rings (SSSR count). The van der Waals surface area contributed by atoms with Gasteiger partial charge in [-0.15, -0.1) is 10.2 Å². The quantitative estimate of drug-likeness (QED) is 0.294. The van der Waals surface area contributed by atoms with Gasteiger partial charge in [-0.3, -0.25) is 5.43 Å². The number of hydrazone groups is 1. The fourth-order valence-electron chi connectivity index (χ4n) is 2.29. The van der Waals surface area contributed by atoms with Crippen LogP contribution in [0, 0.1) is 29.6 Å². The van der Waals surface area contributed by atoms with Crippen molar-refractivity contribution in [2.24, 2.45) is 15.3 Å². The molecule has 6 nitrogen and oxygen atoms in total. The topological polar surface area (TPSA) is 96.7 Å². The first kappa shape index (κ1) is 18.5. The van der Waals surface area contributed by atoms with Crippen LogP contribution in [0.5, 0.6) is 0 Å². The molecule has 0 unspecified atom stereocenters. The lowest BCUT2D eigenvalue weighted by Crippen LogP contribution is -2.01. The molecule has 0 bridgehead atoms. The SMILES string of the molecule is Cc1ccc(/C(N=Nc2ccc(C#N)cc2)=N\Nc2ccc(C#N)cc2)cc1. The van der Waals surface area contributed by atoms with Crippen LogP contribution in [0.25, 0.3) is 0 Å². The van der Waals surface area contributed by atoms with Crippen molar-refractivity contribution < 1.29 is 0 Å². The van der Waals surface area contributed by atoms with E-state index in [1.165, 1.54) is 0 Å². The van der Waals surface area contributed by atoms with E-state index in [1.807, 2.05) is 31.2 Å². The second-order valence-corrected chi connectivity index (χ2v) is 5.96. The zero-order chi connectivity index (χ0) is 19.8. The minimum Gasteiger partial charge on any atom is -0.276 e. The predicted octanol–water partition coefficient (Wildman–Crippen LogP) is 5.30. The van der Waals surface area contributed by atoms with Crippen LogP contribution in [-0.4, -0.2) is 5.84 Å². The third-order valence-electron chi connectivity index (χ3n) is 3.87. The van der Waals surface area contributed by atoms with Crippen molar-refractivity contribution in [1.82, 2.24) is 0 Å². The largest absolute Gasteiger partial charge is 0.276 e. The van der Waals surface area contributed by atoms with Crippen LogP contribution < -0.4 is 5.43 Å². The molecular weight excluding hydrogens is 348 g/mol. The maximum absolute atomic E-state index is 8.89. The molecular formula is C22H16N6. The second-order valence-electron chi connectivity index (χ2n) is 5.96. The zero-order valence-corrected chi connectivity index (χ0v) is 15.2. The Kier molecular flexibility index (Phi) is 5.87. The van der Waals surface area contributed by atoms with E-state index in [0.29, 0.717) is 22.6 Å². The van der Waals surface area contributed by atoms with E-state index in [0.717, 1.165) is 16.8 Å². The van der Waals surface area contributed by atoms with E-state index < -0.39 is 0 Å². The molecule has 0 saturated heterocycles. The number of nitriles is 2. The predicted molar refractivity (Wildman–Crippen MR) is 108 cm³/mol. The van der Waals surface area contributed by atoms with Gasteiger partial charge in [-0.2, -0.15) is 15.6 Å². The molecule has 0 saturated carbocycles. The number of amidine groups is 1. The summed E-state index contributed by atoms with van der Waals surface area (Å²) in [5, 5.41) is 30.6. The molecule has 0 atom stereocenters. The molecule has 6 heteroatoms. The first-order chi connectivity index (χ1) is 13.7. The van der Waals surface area contributed by atoms with Crippen molar-refractivity contribution in [3.8, 4) is 12.1 Å². The summed E-state index contributed by atoms with van der Waals surface area (Å²) in [5.74, 6) is 0.411. The van der Waals surface area contributed by atoms with Crippen LogP contribution in [0.15, 0.2) is 88.1 Å². The lowest BCUT2D eigenvalue weighted by molar-refractivity contribution is 1.22. The summed E-state index contributed by atoms with van der Waals surface area (Å²) in [6, 6.07) is 25.7. The van der Waals surface area contributed by atoms with Crippen LogP contribution >= 0.6 is 0 Å². The number of hydrogen-bond donors (Lipinski definition) is 1. The highest BCUT2D eigenvalue weighted by molar-refractivity contribution is 5.99. The number of nitrogens with zero attached hydrogens (tertiary/aromatic N) is 5. The summed E-state index contributed by atoms with van der Waals surface area (Å²) >= 11 is 0. The fourth-order valence-corrected chi connectivity index (χ4v) is 2.29. The fraction of sp³-hybridized carbons (Fsp3) is 0.0455. The van der Waals surface area contributed by atoms with Crippen molar-refractivity contribution in [3.63, 3.8) is 0 Å². The average Bonchev–Trinajstić information content (AvgIpc) is 2.75. The minimum absolute atomic E-state index is 0.411. The van der Waals surface area contributed by atoms with E-state index in [1.54, 1.807) is 48.5 Å². The van der Waals surface area contributed by atoms with E-state index in [-0.39, 0.29) is 0 Å². The molecule has 28 heavy (non-hydrogen) atoms. The number of nitrogens with one attached hydrogen (secondary N) is 1. The van der Waals surface area contributed by atoms with Crippen LogP contribution in [0.4, 0.5) is 11.4 Å². The number of anilines is 1. The van der Waals surface area contributed by atoms with E-state index in [2.05, 4.69) is 32.9 Å². The number of aryl methyl sites for hydroxylation is 1. The van der Waals surface area contributed by atoms with Gasteiger partial charge >= 0.3 is 0 Å². The molecule has 0 radical (unpaired) electrons. The molecule has 1 N–H and O–H groups in total. The van der Waals surface area contributed by atoms with Crippen molar-refractivity contribution >= 4 is 17.2 Å². The van der Waals surface area contributed by atoms with E-state index >= 15 is 0 Å². The molecule has 0 spiro atoms. The monoisotopic (exact) mass is 364 g/mol. The Morgan fingerprint density at radius 2 is 1.36 bits per heavy atom. The summed E-state index contributed by atoms with van der Waals surface area (Å²) in [4.78, 5) is 0. The molecule has 134 valence electrons. The lowest BCUT2D eigenvalue weighted by atomic mass is 10.1. The van der Waals surface area contributed by atoms with Gasteiger partial charge in [0.25, 0.3) is 0 Å². The molecule has 0 aliphatic carbocycles. The second kappa shape index (κ2) is 8.88. The van der Waals surface area contributed by atoms with E-state index in [9.17, 15) is 0 Å². The third kappa shape index (κ3) is 4.87. The number of rotatable bonds is 4. The number of benzene rings is 3. The zero-order valence-electron chi connectivity index (χ0n) is 15.2. The summed E-state index contributed by atoms with van der Waals surface area (Å²) < 4.78 is 0. The summed E-state index contributed by atoms with van der Waals surface area (Å²) in [5.41, 5.74) is 7.38. The summed E-state index contributed by atoms with van der Waals surface area (Å²) in [6.45, 7) is 2.01. The maximum Gasteiger partial charge on any atom is 0.201 e. The molecule has 0 aliphatic rings. The smallest absolute Gasteiger partial charge is 0.201 e. The Bertz CT molecular complexity index is 1080. The van der Waals surface area contributed by atoms with Gasteiger partial charge in [-0.25, -0.2) is 0 Å². The lowest BCUT2D eigenvalue weighted by Gasteiger charge is -2.04. The van der Waals surface area contributed by atoms with Gasteiger partial charge in [0.2, 0.25) is 5.84 Å². The van der Waals surface area contributed by atoms with Gasteiger partial charge in [-0.1, -0.05) is 29.8 Å². The Morgan fingerprint density at radius 3 is 1.93 bits per heavy atom. The molecule has 3 aromatic carbocycles. The molecule has 0 fully saturated rings. The average molecular weight is 364 g/mol. The van der Waals surface area contributed by atoms with Gasteiger partial charge in [0.15, 0.2) is 0 Å². The Labute approximate surface area is 163 Å². The Morgan fingerprint density at radius 1 is 0.786 bits per heavy atom. The van der Waals surface area contributed by atoms with Crippen molar-refractivity contribution in [2.45, 2.75) is 6.92 Å². The highest BCUT2D eigenvalue weighted by atomic mass is 15.3.